The molecule has 0 amide bonds. The van der Waals surface area contributed by atoms with E-state index in [-0.39, 0.29) is 12.3 Å². The van der Waals surface area contributed by atoms with E-state index in [1.807, 2.05) is 0 Å². The van der Waals surface area contributed by atoms with E-state index in [4.69, 9.17) is 17.3 Å². The highest BCUT2D eigenvalue weighted by Gasteiger charge is 2.15. The summed E-state index contributed by atoms with van der Waals surface area (Å²) < 4.78 is 25.9. The summed E-state index contributed by atoms with van der Waals surface area (Å²) >= 11 is 5.89. The Balaban J connectivity index is 2.10. The monoisotopic (exact) mass is 313 g/mol. The summed E-state index contributed by atoms with van der Waals surface area (Å²) in [5.41, 5.74) is 7.08. The third-order valence-corrected chi connectivity index (χ3v) is 5.08. The van der Waals surface area contributed by atoms with Gasteiger partial charge in [0.2, 0.25) is 0 Å². The zero-order valence-electron chi connectivity index (χ0n) is 11.1. The molecule has 0 bridgehead atoms. The molecule has 2 N–H and O–H groups in total. The zero-order chi connectivity index (χ0) is 14.8. The Kier molecular flexibility index (Phi) is 4.47. The van der Waals surface area contributed by atoms with E-state index in [1.165, 1.54) is 0 Å². The van der Waals surface area contributed by atoms with Gasteiger partial charge < -0.3 is 5.73 Å². The Morgan fingerprint density at radius 1 is 1.30 bits per heavy atom. The van der Waals surface area contributed by atoms with Crippen molar-refractivity contribution in [2.75, 3.05) is 5.75 Å². The zero-order valence-corrected chi connectivity index (χ0v) is 12.7. The fourth-order valence-electron chi connectivity index (χ4n) is 1.77. The maximum absolute atomic E-state index is 12.2. The number of nitrogens with zero attached hydrogens (tertiary/aromatic N) is 2. The van der Waals surface area contributed by atoms with Gasteiger partial charge in [-0.2, -0.15) is 5.10 Å². The molecule has 0 unspecified atom stereocenters. The fraction of sp³-hybridized carbons (Fsp3) is 0.308. The summed E-state index contributed by atoms with van der Waals surface area (Å²) in [6, 6.07) is 6.61. The lowest BCUT2D eigenvalue weighted by Crippen LogP contribution is -2.14. The molecule has 0 aliphatic heterocycles. The second-order valence-electron chi connectivity index (χ2n) is 4.49. The molecule has 108 valence electrons. The minimum atomic E-state index is -3.33. The van der Waals surface area contributed by atoms with Gasteiger partial charge in [-0.1, -0.05) is 23.7 Å². The van der Waals surface area contributed by atoms with Crippen molar-refractivity contribution in [2.24, 2.45) is 5.73 Å². The largest absolute Gasteiger partial charge is 0.326 e. The second kappa shape index (κ2) is 5.95. The number of rotatable bonds is 5. The van der Waals surface area contributed by atoms with E-state index < -0.39 is 9.84 Å². The molecule has 7 heteroatoms. The van der Waals surface area contributed by atoms with Crippen LogP contribution in [0.15, 0.2) is 35.4 Å². The summed E-state index contributed by atoms with van der Waals surface area (Å²) in [5.74, 6) is -0.0214. The summed E-state index contributed by atoms with van der Waals surface area (Å²) in [7, 11) is -3.33. The molecule has 0 fully saturated rings. The van der Waals surface area contributed by atoms with Crippen molar-refractivity contribution < 1.29 is 8.42 Å². The Bertz CT molecular complexity index is 673. The average molecular weight is 314 g/mol. The first-order chi connectivity index (χ1) is 9.42. The molecule has 0 saturated heterocycles. The normalized spacial score (nSPS) is 11.8. The van der Waals surface area contributed by atoms with Crippen LogP contribution in [0.25, 0.3) is 0 Å². The van der Waals surface area contributed by atoms with E-state index in [9.17, 15) is 8.42 Å². The van der Waals surface area contributed by atoms with Crippen LogP contribution in [0.3, 0.4) is 0 Å². The highest BCUT2D eigenvalue weighted by atomic mass is 35.5. The van der Waals surface area contributed by atoms with Crippen molar-refractivity contribution in [3.05, 3.63) is 46.7 Å². The molecule has 1 aromatic heterocycles. The number of halogens is 1. The number of sulfone groups is 1. The Morgan fingerprint density at radius 3 is 2.45 bits per heavy atom. The maximum atomic E-state index is 12.2. The lowest BCUT2D eigenvalue weighted by Gasteiger charge is -2.05. The van der Waals surface area contributed by atoms with Gasteiger partial charge in [-0.15, -0.1) is 0 Å². The van der Waals surface area contributed by atoms with Crippen molar-refractivity contribution in [2.45, 2.75) is 24.9 Å². The summed E-state index contributed by atoms with van der Waals surface area (Å²) in [6.07, 6.45) is 1.63. The predicted molar refractivity (Wildman–Crippen MR) is 78.4 cm³/mol. The van der Waals surface area contributed by atoms with E-state index in [2.05, 4.69) is 5.10 Å². The lowest BCUT2D eigenvalue weighted by molar-refractivity contribution is 0.579. The highest BCUT2D eigenvalue weighted by molar-refractivity contribution is 7.91. The van der Waals surface area contributed by atoms with Gasteiger partial charge in [0.25, 0.3) is 0 Å². The number of aryl methyl sites for hydroxylation is 2. The smallest absolute Gasteiger partial charge is 0.180 e. The summed E-state index contributed by atoms with van der Waals surface area (Å²) in [4.78, 5) is 0.296. The van der Waals surface area contributed by atoms with Crippen LogP contribution in [-0.4, -0.2) is 24.0 Å². The van der Waals surface area contributed by atoms with Crippen molar-refractivity contribution in [3.8, 4) is 0 Å². The molecule has 1 heterocycles. The van der Waals surface area contributed by atoms with Gasteiger partial charge in [-0.25, -0.2) is 8.42 Å². The summed E-state index contributed by atoms with van der Waals surface area (Å²) in [6.45, 7) is 2.44. The van der Waals surface area contributed by atoms with Gasteiger partial charge in [-0.3, -0.25) is 4.68 Å². The van der Waals surface area contributed by atoms with Crippen molar-refractivity contribution in [3.63, 3.8) is 0 Å². The third-order valence-electron chi connectivity index (χ3n) is 2.99. The van der Waals surface area contributed by atoms with Gasteiger partial charge in [0.1, 0.15) is 0 Å². The van der Waals surface area contributed by atoms with Crippen LogP contribution in [0.4, 0.5) is 0 Å². The first kappa shape index (κ1) is 15.0. The predicted octanol–water partition coefficient (Wildman–Crippen LogP) is 1.78. The lowest BCUT2D eigenvalue weighted by atomic mass is 10.2. The molecule has 0 radical (unpaired) electrons. The SMILES string of the molecule is Cc1nn(CCS(=O)(=O)c2ccc(CN)cc2)cc1Cl. The molecule has 0 spiro atoms. The number of hydrogen-bond donors (Lipinski definition) is 1. The molecule has 1 aromatic carbocycles. The van der Waals surface area contributed by atoms with Crippen LogP contribution in [0, 0.1) is 6.92 Å². The number of hydrogen-bond acceptors (Lipinski definition) is 4. The highest BCUT2D eigenvalue weighted by Crippen LogP contribution is 2.15. The van der Waals surface area contributed by atoms with Gasteiger partial charge in [0.15, 0.2) is 9.84 Å². The molecule has 0 saturated carbocycles. The molecule has 2 rings (SSSR count). The van der Waals surface area contributed by atoms with Gasteiger partial charge in [0, 0.05) is 12.7 Å². The van der Waals surface area contributed by atoms with Gasteiger partial charge in [0.05, 0.1) is 27.9 Å². The third kappa shape index (κ3) is 3.39. The van der Waals surface area contributed by atoms with E-state index in [0.29, 0.717) is 22.2 Å². The molecule has 20 heavy (non-hydrogen) atoms. The quantitative estimate of drug-likeness (QED) is 0.912. The number of nitrogens with two attached hydrogens (primary N) is 1. The van der Waals surface area contributed by atoms with Crippen LogP contribution in [0.2, 0.25) is 5.02 Å². The van der Waals surface area contributed by atoms with E-state index in [1.54, 1.807) is 42.1 Å². The molecule has 5 nitrogen and oxygen atoms in total. The summed E-state index contributed by atoms with van der Waals surface area (Å²) in [5, 5.41) is 4.67. The number of aromatic nitrogens is 2. The van der Waals surface area contributed by atoms with E-state index in [0.717, 1.165) is 5.56 Å². The van der Waals surface area contributed by atoms with Gasteiger partial charge >= 0.3 is 0 Å². The van der Waals surface area contributed by atoms with Crippen molar-refractivity contribution in [1.82, 2.24) is 9.78 Å². The van der Waals surface area contributed by atoms with Crippen LogP contribution in [-0.2, 0) is 22.9 Å². The maximum Gasteiger partial charge on any atom is 0.180 e. The number of benzene rings is 1. The molecule has 2 aromatic rings. The molecular weight excluding hydrogens is 298 g/mol. The standard InChI is InChI=1S/C13H16ClN3O2S/c1-10-13(14)9-17(16-10)6-7-20(18,19)12-4-2-11(8-15)3-5-12/h2-5,9H,6-8,15H2,1H3. The molecule has 0 aliphatic rings. The van der Waals surface area contributed by atoms with Crippen molar-refractivity contribution >= 4 is 21.4 Å². The minimum Gasteiger partial charge on any atom is -0.326 e. The second-order valence-corrected chi connectivity index (χ2v) is 7.01. The first-order valence-electron chi connectivity index (χ1n) is 6.13. The molecular formula is C13H16ClN3O2S. The minimum absolute atomic E-state index is 0.0214. The van der Waals surface area contributed by atoms with Crippen molar-refractivity contribution in [1.29, 1.82) is 0 Å². The topological polar surface area (TPSA) is 78.0 Å². The first-order valence-corrected chi connectivity index (χ1v) is 8.17. The van der Waals surface area contributed by atoms with Gasteiger partial charge in [-0.05, 0) is 24.6 Å². The van der Waals surface area contributed by atoms with Crippen LogP contribution in [0.1, 0.15) is 11.3 Å². The van der Waals surface area contributed by atoms with Crippen LogP contribution < -0.4 is 5.73 Å². The van der Waals surface area contributed by atoms with Crippen LogP contribution >= 0.6 is 11.6 Å². The van der Waals surface area contributed by atoms with E-state index >= 15 is 0 Å². The Labute approximate surface area is 123 Å². The van der Waals surface area contributed by atoms with Crippen LogP contribution in [0.5, 0.6) is 0 Å². The Hall–Kier alpha value is -1.37. The fourth-order valence-corrected chi connectivity index (χ4v) is 3.14. The molecule has 0 aliphatic carbocycles. The molecule has 0 atom stereocenters. The Morgan fingerprint density at radius 2 is 1.95 bits per heavy atom. The average Bonchev–Trinajstić information content (AvgIpc) is 2.76.